The maximum absolute atomic E-state index is 11.0. The first-order valence-electron chi connectivity index (χ1n) is 14.1. The summed E-state index contributed by atoms with van der Waals surface area (Å²) in [7, 11) is 3.74. The summed E-state index contributed by atoms with van der Waals surface area (Å²) in [6.45, 7) is 7.80. The van der Waals surface area contributed by atoms with Crippen molar-refractivity contribution in [3.05, 3.63) is 83.2 Å². The molecule has 2 N–H and O–H groups in total. The molecule has 0 radical (unpaired) electrons. The molecule has 0 bridgehead atoms. The molecule has 0 saturated heterocycles. The zero-order valence-corrected chi connectivity index (χ0v) is 25.4. The molecule has 6 rings (SSSR count). The first-order valence-corrected chi connectivity index (χ1v) is 14.1. The number of hydrogen-bond acceptors (Lipinski definition) is 9. The third-order valence-electron chi connectivity index (χ3n) is 6.65. The maximum atomic E-state index is 11.0. The van der Waals surface area contributed by atoms with Crippen molar-refractivity contribution in [2.75, 3.05) is 5.73 Å². The van der Waals surface area contributed by atoms with Crippen LogP contribution < -0.4 is 15.2 Å². The quantitative estimate of drug-likeness (QED) is 0.127. The van der Waals surface area contributed by atoms with Gasteiger partial charge in [-0.05, 0) is 64.1 Å². The number of nitrogens with zero attached hydrogens (tertiary/aromatic N) is 7. The fourth-order valence-electron chi connectivity index (χ4n) is 4.80. The molecule has 0 fully saturated rings. The molecule has 4 heterocycles. The molecule has 44 heavy (non-hydrogen) atoms. The van der Waals surface area contributed by atoms with Crippen molar-refractivity contribution >= 4 is 33.2 Å². The minimum atomic E-state index is -0.407. The van der Waals surface area contributed by atoms with Crippen molar-refractivity contribution in [1.82, 2.24) is 29.5 Å². The molecule has 0 atom stereocenters. The molecule has 6 aromatic rings. The molecule has 4 aromatic heterocycles. The highest BCUT2D eigenvalue weighted by Crippen LogP contribution is 2.32. The van der Waals surface area contributed by atoms with E-state index in [0.29, 0.717) is 17.5 Å². The number of nitrogen functional groups attached to an aromatic ring is 1. The van der Waals surface area contributed by atoms with Crippen molar-refractivity contribution in [2.45, 2.75) is 39.9 Å². The number of non-ortho nitro benzene ring substituents is 1. The van der Waals surface area contributed by atoms with E-state index in [2.05, 4.69) is 20.2 Å². The number of aromatic nitrogens is 6. The summed E-state index contributed by atoms with van der Waals surface area (Å²) in [5.41, 5.74) is 11.9. The Balaban J connectivity index is 0.000000175. The predicted molar refractivity (Wildman–Crippen MR) is 170 cm³/mol. The highest BCUT2D eigenvalue weighted by Gasteiger charge is 2.16. The Morgan fingerprint density at radius 3 is 1.68 bits per heavy atom. The molecule has 0 aliphatic heterocycles. The van der Waals surface area contributed by atoms with E-state index in [4.69, 9.17) is 15.2 Å². The lowest BCUT2D eigenvalue weighted by molar-refractivity contribution is -0.384. The molecule has 2 aromatic carbocycles. The Morgan fingerprint density at radius 2 is 1.20 bits per heavy atom. The number of aryl methyl sites for hydroxylation is 2. The minimum Gasteiger partial charge on any atom is -0.475 e. The zero-order valence-electron chi connectivity index (χ0n) is 25.4. The molecule has 12 nitrogen and oxygen atoms in total. The second-order valence-corrected chi connectivity index (χ2v) is 10.8. The van der Waals surface area contributed by atoms with Gasteiger partial charge < -0.3 is 15.2 Å². The zero-order chi connectivity index (χ0) is 31.5. The fraction of sp³-hybridized carbons (Fsp3) is 0.250. The number of hydrogen-bond donors (Lipinski definition) is 1. The normalized spacial score (nSPS) is 11.2. The van der Waals surface area contributed by atoms with E-state index in [1.165, 1.54) is 6.07 Å². The van der Waals surface area contributed by atoms with Gasteiger partial charge in [-0.3, -0.25) is 19.5 Å². The first kappa shape index (κ1) is 30.0. The van der Waals surface area contributed by atoms with Crippen LogP contribution in [0.15, 0.2) is 73.1 Å². The highest BCUT2D eigenvalue weighted by atomic mass is 16.6. The molecule has 0 spiro atoms. The average molecular weight is 595 g/mol. The van der Waals surface area contributed by atoms with Gasteiger partial charge in [0.05, 0.1) is 28.2 Å². The molecule has 226 valence electrons. The SMILES string of the molecule is CC(C)Oc1cc(-c2nn(C)c3ccc(N)cc23)ccn1.CC(C)Oc1cc(-c2nn(C)c3ccc([N+](=O)[O-])cc23)ccn1. The highest BCUT2D eigenvalue weighted by molar-refractivity contribution is 5.96. The van der Waals surface area contributed by atoms with Gasteiger partial charge in [0.1, 0.15) is 11.4 Å². The number of anilines is 1. The molecule has 0 saturated carbocycles. The number of pyridine rings is 2. The van der Waals surface area contributed by atoms with Crippen LogP contribution >= 0.6 is 0 Å². The molecule has 0 amide bonds. The van der Waals surface area contributed by atoms with E-state index < -0.39 is 4.92 Å². The average Bonchev–Trinajstić information content (AvgIpc) is 3.48. The third kappa shape index (κ3) is 6.43. The Kier molecular flexibility index (Phi) is 8.43. The van der Waals surface area contributed by atoms with E-state index >= 15 is 0 Å². The lowest BCUT2D eigenvalue weighted by Gasteiger charge is -2.09. The van der Waals surface area contributed by atoms with Gasteiger partial charge in [0.25, 0.3) is 5.69 Å². The topological polar surface area (TPSA) is 149 Å². The van der Waals surface area contributed by atoms with E-state index in [1.54, 1.807) is 35.3 Å². The second kappa shape index (κ2) is 12.4. The summed E-state index contributed by atoms with van der Waals surface area (Å²) in [5.74, 6) is 1.10. The van der Waals surface area contributed by atoms with Crippen molar-refractivity contribution in [2.24, 2.45) is 14.1 Å². The number of nitrogens with two attached hydrogens (primary N) is 1. The Bertz CT molecular complexity index is 1960. The number of nitro groups is 1. The summed E-state index contributed by atoms with van der Waals surface area (Å²) in [5, 5.41) is 21.9. The first-order chi connectivity index (χ1) is 21.0. The van der Waals surface area contributed by atoms with Gasteiger partial charge in [0.2, 0.25) is 11.8 Å². The van der Waals surface area contributed by atoms with Crippen molar-refractivity contribution in [3.8, 4) is 34.3 Å². The van der Waals surface area contributed by atoms with Crippen LogP contribution in [0.5, 0.6) is 11.8 Å². The third-order valence-corrected chi connectivity index (χ3v) is 6.65. The second-order valence-electron chi connectivity index (χ2n) is 10.8. The molecular weight excluding hydrogens is 560 g/mol. The van der Waals surface area contributed by atoms with E-state index in [-0.39, 0.29) is 17.9 Å². The van der Waals surface area contributed by atoms with Crippen molar-refractivity contribution < 1.29 is 14.4 Å². The van der Waals surface area contributed by atoms with Gasteiger partial charge in [-0.25, -0.2) is 9.97 Å². The van der Waals surface area contributed by atoms with Gasteiger partial charge in [0.15, 0.2) is 0 Å². The Morgan fingerprint density at radius 1 is 0.727 bits per heavy atom. The number of benzene rings is 2. The lowest BCUT2D eigenvalue weighted by atomic mass is 10.1. The predicted octanol–water partition coefficient (Wildman–Crippen LogP) is 6.34. The van der Waals surface area contributed by atoms with Crippen LogP contribution in [0.25, 0.3) is 44.3 Å². The van der Waals surface area contributed by atoms with E-state index in [1.807, 2.05) is 82.9 Å². The van der Waals surface area contributed by atoms with Gasteiger partial charge >= 0.3 is 0 Å². The van der Waals surface area contributed by atoms with Crippen LogP contribution in [0.3, 0.4) is 0 Å². The van der Waals surface area contributed by atoms with Gasteiger partial charge in [0, 0.05) is 78.3 Å². The van der Waals surface area contributed by atoms with Crippen LogP contribution in [-0.4, -0.2) is 46.7 Å². The van der Waals surface area contributed by atoms with Crippen LogP contribution in [0.1, 0.15) is 27.7 Å². The molecule has 12 heteroatoms. The largest absolute Gasteiger partial charge is 0.475 e. The van der Waals surface area contributed by atoms with Crippen molar-refractivity contribution in [1.29, 1.82) is 0 Å². The minimum absolute atomic E-state index is 0.0133. The summed E-state index contributed by atoms with van der Waals surface area (Å²) < 4.78 is 14.8. The van der Waals surface area contributed by atoms with Crippen molar-refractivity contribution in [3.63, 3.8) is 0 Å². The lowest BCUT2D eigenvalue weighted by Crippen LogP contribution is -2.06. The fourth-order valence-corrected chi connectivity index (χ4v) is 4.80. The van der Waals surface area contributed by atoms with Gasteiger partial charge in [-0.2, -0.15) is 10.2 Å². The summed E-state index contributed by atoms with van der Waals surface area (Å²) in [6.07, 6.45) is 3.48. The molecule has 0 unspecified atom stereocenters. The summed E-state index contributed by atoms with van der Waals surface area (Å²) in [6, 6.07) is 18.0. The molecule has 0 aliphatic rings. The number of rotatable bonds is 7. The summed E-state index contributed by atoms with van der Waals surface area (Å²) >= 11 is 0. The number of ether oxygens (including phenoxy) is 2. The van der Waals surface area contributed by atoms with Crippen LogP contribution in [0.4, 0.5) is 11.4 Å². The van der Waals surface area contributed by atoms with Crippen LogP contribution in [-0.2, 0) is 14.1 Å². The van der Waals surface area contributed by atoms with Crippen LogP contribution in [0, 0.1) is 10.1 Å². The Hall–Kier alpha value is -5.52. The standard InChI is InChI=1S/C16H16N4O3.C16H18N4O/c1-10(2)23-15-8-11(6-7-17-15)16-13-9-12(20(21)22)4-5-14(13)19(3)18-16;1-10(2)21-15-8-11(6-7-18-15)16-13-9-12(17)4-5-14(13)20(3)19-16/h4-10H,1-3H3;4-10H,17H2,1-3H3. The number of nitro benzene ring substituents is 1. The number of fused-ring (bicyclic) bond motifs is 2. The Labute approximate surface area is 254 Å². The van der Waals surface area contributed by atoms with Gasteiger partial charge in [-0.1, -0.05) is 0 Å². The van der Waals surface area contributed by atoms with E-state index in [9.17, 15) is 10.1 Å². The maximum Gasteiger partial charge on any atom is 0.270 e. The molecule has 0 aliphatic carbocycles. The summed E-state index contributed by atoms with van der Waals surface area (Å²) in [4.78, 5) is 19.0. The van der Waals surface area contributed by atoms with Gasteiger partial charge in [-0.15, -0.1) is 0 Å². The van der Waals surface area contributed by atoms with Crippen LogP contribution in [0.2, 0.25) is 0 Å². The smallest absolute Gasteiger partial charge is 0.270 e. The monoisotopic (exact) mass is 594 g/mol. The van der Waals surface area contributed by atoms with E-state index in [0.717, 1.165) is 44.3 Å². The molecular formula is C32H34N8O4.